The average molecular weight is 299 g/mol. The van der Waals surface area contributed by atoms with Crippen molar-refractivity contribution in [3.05, 3.63) is 21.0 Å². The number of hydrogen-bond donors (Lipinski definition) is 1. The fourth-order valence-electron chi connectivity index (χ4n) is 2.86. The van der Waals surface area contributed by atoms with E-state index in [2.05, 4.69) is 22.2 Å². The number of nitrogens with zero attached hydrogens (tertiary/aromatic N) is 3. The summed E-state index contributed by atoms with van der Waals surface area (Å²) in [5.74, 6) is 0.991. The molecule has 1 aliphatic carbocycles. The van der Waals surface area contributed by atoms with Crippen molar-refractivity contribution < 1.29 is 4.92 Å². The van der Waals surface area contributed by atoms with Gasteiger partial charge in [-0.05, 0) is 25.7 Å². The van der Waals surface area contributed by atoms with Gasteiger partial charge in [0.15, 0.2) is 0 Å². The van der Waals surface area contributed by atoms with Gasteiger partial charge in [-0.2, -0.15) is 4.98 Å². The third kappa shape index (κ3) is 3.17. The van der Waals surface area contributed by atoms with Crippen LogP contribution in [0, 0.1) is 23.0 Å². The Morgan fingerprint density at radius 3 is 2.70 bits per heavy atom. The van der Waals surface area contributed by atoms with Gasteiger partial charge < -0.3 is 5.32 Å². The van der Waals surface area contributed by atoms with Crippen LogP contribution in [0.4, 0.5) is 11.6 Å². The molecule has 0 bridgehead atoms. The van der Waals surface area contributed by atoms with Gasteiger partial charge in [-0.15, -0.1) is 0 Å². The van der Waals surface area contributed by atoms with Crippen molar-refractivity contribution in [3.63, 3.8) is 0 Å². The Bertz CT molecular complexity index is 486. The number of rotatable bonds is 4. The molecule has 1 fully saturated rings. The van der Waals surface area contributed by atoms with Crippen molar-refractivity contribution in [1.82, 2.24) is 9.97 Å². The average Bonchev–Trinajstić information content (AvgIpc) is 2.38. The first-order valence-corrected chi connectivity index (χ1v) is 7.35. The second-order valence-electron chi connectivity index (χ2n) is 5.23. The van der Waals surface area contributed by atoms with Crippen molar-refractivity contribution in [2.75, 3.05) is 5.32 Å². The molecule has 0 aliphatic heterocycles. The van der Waals surface area contributed by atoms with Crippen LogP contribution in [0.15, 0.2) is 0 Å². The van der Waals surface area contributed by atoms with Gasteiger partial charge in [-0.1, -0.05) is 37.8 Å². The molecule has 7 heteroatoms. The lowest BCUT2D eigenvalue weighted by molar-refractivity contribution is -0.385. The Morgan fingerprint density at radius 1 is 1.40 bits per heavy atom. The molecule has 1 aromatic heterocycles. The number of aromatic nitrogens is 2. The minimum absolute atomic E-state index is 0.103. The van der Waals surface area contributed by atoms with Gasteiger partial charge in [0.25, 0.3) is 0 Å². The predicted octanol–water partition coefficient (Wildman–Crippen LogP) is 3.73. The van der Waals surface area contributed by atoms with Gasteiger partial charge in [-0.25, -0.2) is 4.98 Å². The second kappa shape index (κ2) is 6.35. The lowest BCUT2D eigenvalue weighted by Gasteiger charge is -2.31. The Labute approximate surface area is 123 Å². The number of halogens is 1. The van der Waals surface area contributed by atoms with E-state index in [1.807, 2.05) is 0 Å². The third-order valence-corrected chi connectivity index (χ3v) is 4.21. The van der Waals surface area contributed by atoms with Crippen LogP contribution in [0.2, 0.25) is 5.15 Å². The number of aryl methyl sites for hydroxylation is 1. The molecule has 0 amide bonds. The Hall–Kier alpha value is -1.43. The molecule has 1 heterocycles. The van der Waals surface area contributed by atoms with Crippen LogP contribution < -0.4 is 5.32 Å². The first-order chi connectivity index (χ1) is 9.52. The molecule has 1 aliphatic rings. The Morgan fingerprint density at radius 2 is 2.10 bits per heavy atom. The fourth-order valence-corrected chi connectivity index (χ4v) is 3.14. The van der Waals surface area contributed by atoms with Gasteiger partial charge in [0.05, 0.1) is 4.92 Å². The molecule has 6 nitrogen and oxygen atoms in total. The minimum atomic E-state index is -0.545. The SMILES string of the molecule is CC[C@H]1CCCC[C@H]1Nc1nc(C)c([N+](=O)[O-])c(Cl)n1. The van der Waals surface area contributed by atoms with Crippen molar-refractivity contribution >= 4 is 23.2 Å². The van der Waals surface area contributed by atoms with E-state index in [0.29, 0.717) is 23.6 Å². The Balaban J connectivity index is 2.19. The quantitative estimate of drug-likeness (QED) is 0.520. The van der Waals surface area contributed by atoms with E-state index in [4.69, 9.17) is 11.6 Å². The molecule has 0 radical (unpaired) electrons. The number of hydrogen-bond acceptors (Lipinski definition) is 5. The van der Waals surface area contributed by atoms with Gasteiger partial charge in [-0.3, -0.25) is 10.1 Å². The van der Waals surface area contributed by atoms with E-state index >= 15 is 0 Å². The van der Waals surface area contributed by atoms with Gasteiger partial charge >= 0.3 is 5.69 Å². The first-order valence-electron chi connectivity index (χ1n) is 6.98. The van der Waals surface area contributed by atoms with Crippen molar-refractivity contribution in [2.45, 2.75) is 52.0 Å². The molecule has 2 atom stereocenters. The van der Waals surface area contributed by atoms with E-state index < -0.39 is 4.92 Å². The minimum Gasteiger partial charge on any atom is -0.351 e. The highest BCUT2D eigenvalue weighted by molar-refractivity contribution is 6.31. The monoisotopic (exact) mass is 298 g/mol. The molecule has 0 aromatic carbocycles. The molecule has 1 aromatic rings. The normalized spacial score (nSPS) is 22.6. The number of anilines is 1. The number of nitro groups is 1. The van der Waals surface area contributed by atoms with Crippen molar-refractivity contribution in [2.24, 2.45) is 5.92 Å². The lowest BCUT2D eigenvalue weighted by Crippen LogP contribution is -2.32. The maximum Gasteiger partial charge on any atom is 0.327 e. The molecular formula is C13H19ClN4O2. The zero-order valence-electron chi connectivity index (χ0n) is 11.7. The molecule has 110 valence electrons. The van der Waals surface area contributed by atoms with E-state index in [0.717, 1.165) is 12.8 Å². The second-order valence-corrected chi connectivity index (χ2v) is 5.59. The summed E-state index contributed by atoms with van der Waals surface area (Å²) in [7, 11) is 0. The van der Waals surface area contributed by atoms with Crippen LogP contribution >= 0.6 is 11.6 Å². The fraction of sp³-hybridized carbons (Fsp3) is 0.692. The lowest BCUT2D eigenvalue weighted by atomic mass is 9.83. The van der Waals surface area contributed by atoms with Crippen LogP contribution in [0.25, 0.3) is 0 Å². The van der Waals surface area contributed by atoms with E-state index in [1.165, 1.54) is 19.3 Å². The van der Waals surface area contributed by atoms with Crippen molar-refractivity contribution in [1.29, 1.82) is 0 Å². The number of nitrogens with one attached hydrogen (secondary N) is 1. The van der Waals surface area contributed by atoms with Gasteiger partial charge in [0.1, 0.15) is 5.69 Å². The molecule has 1 saturated carbocycles. The molecule has 1 N–H and O–H groups in total. The van der Waals surface area contributed by atoms with E-state index in [-0.39, 0.29) is 10.8 Å². The zero-order chi connectivity index (χ0) is 14.7. The molecular weight excluding hydrogens is 280 g/mol. The van der Waals surface area contributed by atoms with Gasteiger partial charge in [0.2, 0.25) is 11.1 Å². The molecule has 20 heavy (non-hydrogen) atoms. The standard InChI is InChI=1S/C13H19ClN4O2/c1-3-9-6-4-5-7-10(9)16-13-15-8(2)11(18(19)20)12(14)17-13/h9-10H,3-7H2,1-2H3,(H,15,16,17)/t9-,10+/m0/s1. The summed E-state index contributed by atoms with van der Waals surface area (Å²) in [6, 6.07) is 0.325. The summed E-state index contributed by atoms with van der Waals surface area (Å²) in [6.45, 7) is 3.76. The highest BCUT2D eigenvalue weighted by Gasteiger charge is 2.26. The molecule has 0 unspecified atom stereocenters. The smallest absolute Gasteiger partial charge is 0.327 e. The van der Waals surface area contributed by atoms with Crippen molar-refractivity contribution in [3.8, 4) is 0 Å². The summed E-state index contributed by atoms with van der Waals surface area (Å²) >= 11 is 5.88. The van der Waals surface area contributed by atoms with E-state index in [1.54, 1.807) is 6.92 Å². The van der Waals surface area contributed by atoms with Crippen LogP contribution in [0.3, 0.4) is 0 Å². The largest absolute Gasteiger partial charge is 0.351 e. The maximum absolute atomic E-state index is 10.9. The first kappa shape index (κ1) is 15.0. The summed E-state index contributed by atoms with van der Waals surface area (Å²) in [4.78, 5) is 18.5. The summed E-state index contributed by atoms with van der Waals surface area (Å²) in [5, 5.41) is 14.1. The molecule has 0 spiro atoms. The zero-order valence-corrected chi connectivity index (χ0v) is 12.5. The maximum atomic E-state index is 10.9. The topological polar surface area (TPSA) is 81.0 Å². The predicted molar refractivity (Wildman–Crippen MR) is 78.1 cm³/mol. The summed E-state index contributed by atoms with van der Waals surface area (Å²) in [5.41, 5.74) is 0.0780. The highest BCUT2D eigenvalue weighted by atomic mass is 35.5. The molecule has 0 saturated heterocycles. The highest BCUT2D eigenvalue weighted by Crippen LogP contribution is 2.30. The van der Waals surface area contributed by atoms with Crippen LogP contribution in [-0.2, 0) is 0 Å². The Kier molecular flexibility index (Phi) is 4.75. The van der Waals surface area contributed by atoms with Crippen LogP contribution in [0.1, 0.15) is 44.7 Å². The van der Waals surface area contributed by atoms with Crippen LogP contribution in [0.5, 0.6) is 0 Å². The van der Waals surface area contributed by atoms with Crippen LogP contribution in [-0.4, -0.2) is 20.9 Å². The third-order valence-electron chi connectivity index (χ3n) is 3.95. The summed E-state index contributed by atoms with van der Waals surface area (Å²) in [6.07, 6.45) is 5.84. The summed E-state index contributed by atoms with van der Waals surface area (Å²) < 4.78 is 0. The molecule has 2 rings (SSSR count). The van der Waals surface area contributed by atoms with Gasteiger partial charge in [0, 0.05) is 6.04 Å². The van der Waals surface area contributed by atoms with E-state index in [9.17, 15) is 10.1 Å².